The number of benzene rings is 3. The summed E-state index contributed by atoms with van der Waals surface area (Å²) in [6.07, 6.45) is 0.704. The molecular formula is C24H23FN2O2. The monoisotopic (exact) mass is 390 g/mol. The molecule has 0 fully saturated rings. The van der Waals surface area contributed by atoms with Crippen LogP contribution >= 0.6 is 0 Å². The zero-order chi connectivity index (χ0) is 20.5. The van der Waals surface area contributed by atoms with E-state index in [1.807, 2.05) is 66.4 Å². The molecule has 5 heteroatoms. The summed E-state index contributed by atoms with van der Waals surface area (Å²) in [4.78, 5) is 16.8. The molecule has 1 amide bonds. The van der Waals surface area contributed by atoms with Gasteiger partial charge in [-0.2, -0.15) is 0 Å². The number of hydrogen-bond donors (Lipinski definition) is 1. The molecular weight excluding hydrogens is 367 g/mol. The minimum atomic E-state index is -0.631. The Morgan fingerprint density at radius 1 is 1.07 bits per heavy atom. The topological polar surface area (TPSA) is 43.8 Å². The molecule has 148 valence electrons. The van der Waals surface area contributed by atoms with E-state index in [4.69, 9.17) is 0 Å². The molecule has 0 spiro atoms. The third kappa shape index (κ3) is 3.68. The van der Waals surface area contributed by atoms with Gasteiger partial charge >= 0.3 is 0 Å². The van der Waals surface area contributed by atoms with Gasteiger partial charge in [-0.15, -0.1) is 0 Å². The van der Waals surface area contributed by atoms with Gasteiger partial charge in [0.1, 0.15) is 0 Å². The second-order valence-corrected chi connectivity index (χ2v) is 7.53. The molecule has 0 unspecified atom stereocenters. The zero-order valence-electron chi connectivity index (χ0n) is 16.5. The number of carbonyl (C=O) groups excluding carboxylic acids is 1. The summed E-state index contributed by atoms with van der Waals surface area (Å²) in [6, 6.07) is 18.0. The van der Waals surface area contributed by atoms with Crippen LogP contribution in [0.4, 0.5) is 10.1 Å². The highest BCUT2D eigenvalue weighted by atomic mass is 19.1. The van der Waals surface area contributed by atoms with Crippen molar-refractivity contribution in [2.45, 2.75) is 13.0 Å². The number of carbonyl (C=O) groups is 1. The van der Waals surface area contributed by atoms with E-state index in [1.165, 1.54) is 12.1 Å². The molecule has 0 bridgehead atoms. The van der Waals surface area contributed by atoms with Crippen LogP contribution in [0, 0.1) is 5.82 Å². The van der Waals surface area contributed by atoms with Gasteiger partial charge in [-0.1, -0.05) is 24.3 Å². The Bertz CT molecular complexity index is 1060. The third-order valence-corrected chi connectivity index (χ3v) is 5.44. The average molecular weight is 390 g/mol. The second kappa shape index (κ2) is 7.59. The molecule has 29 heavy (non-hydrogen) atoms. The maximum absolute atomic E-state index is 13.8. The minimum Gasteiger partial charge on any atom is -0.505 e. The summed E-state index contributed by atoms with van der Waals surface area (Å²) >= 11 is 0. The van der Waals surface area contributed by atoms with Crippen LogP contribution in [0.2, 0.25) is 0 Å². The predicted molar refractivity (Wildman–Crippen MR) is 113 cm³/mol. The lowest BCUT2D eigenvalue weighted by atomic mass is 9.90. The number of phenolic OH excluding ortho intramolecular Hbond substituents is 1. The molecule has 1 N–H and O–H groups in total. The van der Waals surface area contributed by atoms with Gasteiger partial charge in [0.15, 0.2) is 11.6 Å². The van der Waals surface area contributed by atoms with Gasteiger partial charge in [0.25, 0.3) is 5.91 Å². The first-order chi connectivity index (χ1) is 13.9. The number of fused-ring (bicyclic) bond motifs is 1. The number of aromatic hydroxyl groups is 1. The van der Waals surface area contributed by atoms with E-state index in [1.54, 1.807) is 6.07 Å². The van der Waals surface area contributed by atoms with Crippen molar-refractivity contribution in [3.8, 4) is 16.9 Å². The number of anilines is 1. The van der Waals surface area contributed by atoms with E-state index in [0.29, 0.717) is 25.1 Å². The number of phenols is 1. The first-order valence-corrected chi connectivity index (χ1v) is 9.60. The van der Waals surface area contributed by atoms with Gasteiger partial charge in [-0.05, 0) is 65.1 Å². The van der Waals surface area contributed by atoms with Gasteiger partial charge in [-0.25, -0.2) is 4.39 Å². The summed E-state index contributed by atoms with van der Waals surface area (Å²) in [5.41, 5.74) is 5.61. The standard InChI is InChI=1S/C24H23FN2O2/c1-26(2)19-9-6-16(7-10-19)24(29)27-13-12-21-18(15-27)4-3-5-20(21)17-8-11-23(28)22(25)14-17/h3-11,14,28H,12-13,15H2,1-2H3. The first-order valence-electron chi connectivity index (χ1n) is 9.60. The number of halogens is 1. The van der Waals surface area contributed by atoms with E-state index >= 15 is 0 Å². The van der Waals surface area contributed by atoms with Gasteiger partial charge in [-0.3, -0.25) is 4.79 Å². The van der Waals surface area contributed by atoms with Gasteiger partial charge in [0, 0.05) is 38.4 Å². The van der Waals surface area contributed by atoms with Crippen LogP contribution in [0.5, 0.6) is 5.75 Å². The van der Waals surface area contributed by atoms with Crippen molar-refractivity contribution in [3.63, 3.8) is 0 Å². The van der Waals surface area contributed by atoms with Gasteiger partial charge in [0.05, 0.1) is 0 Å². The van der Waals surface area contributed by atoms with Crippen LogP contribution in [0.1, 0.15) is 21.5 Å². The Hall–Kier alpha value is -3.34. The SMILES string of the molecule is CN(C)c1ccc(C(=O)N2CCc3c(cccc3-c3ccc(O)c(F)c3)C2)cc1. The maximum Gasteiger partial charge on any atom is 0.254 e. The third-order valence-electron chi connectivity index (χ3n) is 5.44. The maximum atomic E-state index is 13.8. The Balaban J connectivity index is 1.59. The molecule has 0 atom stereocenters. The van der Waals surface area contributed by atoms with Gasteiger partial charge in [0.2, 0.25) is 0 Å². The summed E-state index contributed by atoms with van der Waals surface area (Å²) in [7, 11) is 3.94. The Morgan fingerprint density at radius 2 is 1.83 bits per heavy atom. The van der Waals surface area contributed by atoms with Crippen molar-refractivity contribution in [3.05, 3.63) is 83.2 Å². The van der Waals surface area contributed by atoms with Crippen LogP contribution in [0.25, 0.3) is 11.1 Å². The predicted octanol–water partition coefficient (Wildman–Crippen LogP) is 4.46. The average Bonchev–Trinajstić information content (AvgIpc) is 2.74. The number of nitrogens with zero attached hydrogens (tertiary/aromatic N) is 2. The van der Waals surface area contributed by atoms with Gasteiger partial charge < -0.3 is 14.9 Å². The molecule has 1 aliphatic rings. The highest BCUT2D eigenvalue weighted by Gasteiger charge is 2.24. The van der Waals surface area contributed by atoms with E-state index in [9.17, 15) is 14.3 Å². The summed E-state index contributed by atoms with van der Waals surface area (Å²) in [5.74, 6) is -0.966. The van der Waals surface area contributed by atoms with Crippen molar-refractivity contribution in [1.82, 2.24) is 4.90 Å². The number of amides is 1. The number of rotatable bonds is 3. The Kier molecular flexibility index (Phi) is 4.97. The lowest BCUT2D eigenvalue weighted by Gasteiger charge is -2.30. The molecule has 0 aliphatic carbocycles. The van der Waals surface area contributed by atoms with E-state index in [2.05, 4.69) is 0 Å². The fourth-order valence-corrected chi connectivity index (χ4v) is 3.81. The smallest absolute Gasteiger partial charge is 0.254 e. The summed E-state index contributed by atoms with van der Waals surface area (Å²) in [6.45, 7) is 1.14. The van der Waals surface area contributed by atoms with Crippen molar-refractivity contribution in [2.24, 2.45) is 0 Å². The van der Waals surface area contributed by atoms with E-state index in [0.717, 1.165) is 27.9 Å². The Labute approximate surface area is 169 Å². The highest BCUT2D eigenvalue weighted by molar-refractivity contribution is 5.94. The van der Waals surface area contributed by atoms with Crippen molar-refractivity contribution >= 4 is 11.6 Å². The van der Waals surface area contributed by atoms with Crippen LogP contribution < -0.4 is 4.90 Å². The summed E-state index contributed by atoms with van der Waals surface area (Å²) < 4.78 is 13.8. The normalized spacial score (nSPS) is 13.1. The molecule has 3 aromatic carbocycles. The van der Waals surface area contributed by atoms with E-state index in [-0.39, 0.29) is 11.7 Å². The zero-order valence-corrected chi connectivity index (χ0v) is 16.5. The fourth-order valence-electron chi connectivity index (χ4n) is 3.81. The molecule has 0 saturated heterocycles. The minimum absolute atomic E-state index is 0.0158. The lowest BCUT2D eigenvalue weighted by molar-refractivity contribution is 0.0735. The van der Waals surface area contributed by atoms with E-state index < -0.39 is 5.82 Å². The van der Waals surface area contributed by atoms with Crippen LogP contribution in [-0.4, -0.2) is 36.6 Å². The van der Waals surface area contributed by atoms with Crippen molar-refractivity contribution in [1.29, 1.82) is 0 Å². The highest BCUT2D eigenvalue weighted by Crippen LogP contribution is 2.32. The Morgan fingerprint density at radius 3 is 2.52 bits per heavy atom. The molecule has 0 aromatic heterocycles. The lowest BCUT2D eigenvalue weighted by Crippen LogP contribution is -2.36. The van der Waals surface area contributed by atoms with Crippen LogP contribution in [-0.2, 0) is 13.0 Å². The number of hydrogen-bond acceptors (Lipinski definition) is 3. The molecule has 4 nitrogen and oxygen atoms in total. The van der Waals surface area contributed by atoms with Crippen molar-refractivity contribution in [2.75, 3.05) is 25.5 Å². The molecule has 0 radical (unpaired) electrons. The molecule has 3 aromatic rings. The largest absolute Gasteiger partial charge is 0.505 e. The quantitative estimate of drug-likeness (QED) is 0.718. The first kappa shape index (κ1) is 19.0. The summed E-state index contributed by atoms with van der Waals surface area (Å²) in [5, 5.41) is 9.46. The molecule has 4 rings (SSSR count). The molecule has 1 heterocycles. The van der Waals surface area contributed by atoms with Crippen LogP contribution in [0.15, 0.2) is 60.7 Å². The van der Waals surface area contributed by atoms with Crippen LogP contribution in [0.3, 0.4) is 0 Å². The van der Waals surface area contributed by atoms with Crippen molar-refractivity contribution < 1.29 is 14.3 Å². The fraction of sp³-hybridized carbons (Fsp3) is 0.208. The second-order valence-electron chi connectivity index (χ2n) is 7.53. The molecule has 1 aliphatic heterocycles. The molecule has 0 saturated carbocycles.